The van der Waals surface area contributed by atoms with Gasteiger partial charge in [-0.25, -0.2) is 4.79 Å². The van der Waals surface area contributed by atoms with E-state index in [4.69, 9.17) is 9.47 Å². The van der Waals surface area contributed by atoms with Crippen molar-refractivity contribution in [2.45, 2.75) is 20.3 Å². The van der Waals surface area contributed by atoms with Gasteiger partial charge >= 0.3 is 6.09 Å². The molecular weight excluding hydrogens is 146 g/mol. The molecule has 11 heavy (non-hydrogen) atoms. The summed E-state index contributed by atoms with van der Waals surface area (Å²) in [5, 5.41) is 2.44. The molecule has 0 rings (SSSR count). The first-order valence-corrected chi connectivity index (χ1v) is 3.79. The summed E-state index contributed by atoms with van der Waals surface area (Å²) >= 11 is 0. The fraction of sp³-hybridized carbons (Fsp3) is 0.857. The second-order valence-corrected chi connectivity index (χ2v) is 1.95. The van der Waals surface area contributed by atoms with E-state index in [0.29, 0.717) is 13.2 Å². The molecule has 0 atom stereocenters. The fourth-order valence-corrected chi connectivity index (χ4v) is 0.458. The van der Waals surface area contributed by atoms with Crippen LogP contribution >= 0.6 is 0 Å². The molecular formula is C7H15NO3. The van der Waals surface area contributed by atoms with Crippen molar-refractivity contribution >= 4 is 6.09 Å². The molecule has 0 aromatic heterocycles. The van der Waals surface area contributed by atoms with Gasteiger partial charge in [0.05, 0.1) is 6.61 Å². The first-order chi connectivity index (χ1) is 5.31. The second kappa shape index (κ2) is 7.34. The third kappa shape index (κ3) is 7.12. The maximum absolute atomic E-state index is 10.7. The Morgan fingerprint density at radius 1 is 1.45 bits per heavy atom. The number of hydrogen-bond acceptors (Lipinski definition) is 3. The molecule has 0 spiro atoms. The van der Waals surface area contributed by atoms with Crippen LogP contribution in [0.25, 0.3) is 0 Å². The van der Waals surface area contributed by atoms with Gasteiger partial charge in [-0.2, -0.15) is 0 Å². The summed E-state index contributed by atoms with van der Waals surface area (Å²) in [5.41, 5.74) is 0. The molecule has 0 aromatic rings. The minimum absolute atomic E-state index is 0.221. The van der Waals surface area contributed by atoms with Crippen molar-refractivity contribution in [3.8, 4) is 0 Å². The molecule has 0 bridgehead atoms. The van der Waals surface area contributed by atoms with Crippen molar-refractivity contribution < 1.29 is 14.3 Å². The molecule has 0 aromatic carbocycles. The highest BCUT2D eigenvalue weighted by Gasteiger charge is 1.97. The summed E-state index contributed by atoms with van der Waals surface area (Å²) in [5.74, 6) is 0. The third-order valence-corrected chi connectivity index (χ3v) is 0.960. The monoisotopic (exact) mass is 161 g/mol. The van der Waals surface area contributed by atoms with Gasteiger partial charge < -0.3 is 9.47 Å². The molecule has 0 heterocycles. The fourth-order valence-electron chi connectivity index (χ4n) is 0.458. The number of carbonyl (C=O) groups is 1. The minimum atomic E-state index is -0.416. The van der Waals surface area contributed by atoms with Crippen LogP contribution in [-0.4, -0.2) is 26.0 Å². The summed E-state index contributed by atoms with van der Waals surface area (Å²) in [6.45, 7) is 5.07. The van der Waals surface area contributed by atoms with E-state index in [0.717, 1.165) is 6.42 Å². The van der Waals surface area contributed by atoms with E-state index in [-0.39, 0.29) is 6.73 Å². The Balaban J connectivity index is 3.09. The van der Waals surface area contributed by atoms with Crippen LogP contribution in [0.5, 0.6) is 0 Å². The predicted molar refractivity (Wildman–Crippen MR) is 41.3 cm³/mol. The van der Waals surface area contributed by atoms with E-state index in [1.165, 1.54) is 0 Å². The van der Waals surface area contributed by atoms with Gasteiger partial charge in [0.2, 0.25) is 0 Å². The number of alkyl carbamates (subject to hydrolysis) is 1. The molecule has 1 amide bonds. The number of rotatable bonds is 5. The quantitative estimate of drug-likeness (QED) is 0.485. The van der Waals surface area contributed by atoms with Crippen molar-refractivity contribution in [1.29, 1.82) is 0 Å². The molecule has 4 nitrogen and oxygen atoms in total. The van der Waals surface area contributed by atoms with Crippen LogP contribution in [-0.2, 0) is 9.47 Å². The SMILES string of the molecule is CCCOC(=O)NCOCC. The lowest BCUT2D eigenvalue weighted by Gasteiger charge is -2.04. The molecule has 0 radical (unpaired) electrons. The van der Waals surface area contributed by atoms with Gasteiger partial charge in [0.1, 0.15) is 6.73 Å². The van der Waals surface area contributed by atoms with E-state index >= 15 is 0 Å². The summed E-state index contributed by atoms with van der Waals surface area (Å²) in [7, 11) is 0. The van der Waals surface area contributed by atoms with E-state index in [1.54, 1.807) is 0 Å². The highest BCUT2D eigenvalue weighted by atomic mass is 16.6. The van der Waals surface area contributed by atoms with Crippen molar-refractivity contribution in [1.82, 2.24) is 5.32 Å². The molecule has 0 aliphatic rings. The summed E-state index contributed by atoms with van der Waals surface area (Å²) in [4.78, 5) is 10.7. The standard InChI is InChI=1S/C7H15NO3/c1-3-5-11-7(9)8-6-10-4-2/h3-6H2,1-2H3,(H,8,9). The van der Waals surface area contributed by atoms with Gasteiger partial charge in [-0.15, -0.1) is 0 Å². The van der Waals surface area contributed by atoms with Crippen molar-refractivity contribution in [3.05, 3.63) is 0 Å². The maximum Gasteiger partial charge on any atom is 0.408 e. The summed E-state index contributed by atoms with van der Waals surface area (Å²) < 4.78 is 9.58. The Labute approximate surface area is 66.9 Å². The summed E-state index contributed by atoms with van der Waals surface area (Å²) in [6, 6.07) is 0. The molecule has 1 N–H and O–H groups in total. The van der Waals surface area contributed by atoms with E-state index in [2.05, 4.69) is 5.32 Å². The zero-order chi connectivity index (χ0) is 8.53. The number of nitrogens with one attached hydrogen (secondary N) is 1. The average molecular weight is 161 g/mol. The Morgan fingerprint density at radius 3 is 2.73 bits per heavy atom. The molecule has 0 fully saturated rings. The van der Waals surface area contributed by atoms with Crippen molar-refractivity contribution in [2.75, 3.05) is 19.9 Å². The largest absolute Gasteiger partial charge is 0.450 e. The zero-order valence-electron chi connectivity index (χ0n) is 7.05. The molecule has 0 saturated heterocycles. The van der Waals surface area contributed by atoms with Gasteiger partial charge in [0.25, 0.3) is 0 Å². The van der Waals surface area contributed by atoms with Crippen LogP contribution in [0.4, 0.5) is 4.79 Å². The second-order valence-electron chi connectivity index (χ2n) is 1.95. The Hall–Kier alpha value is -0.770. The lowest BCUT2D eigenvalue weighted by Crippen LogP contribution is -2.27. The third-order valence-electron chi connectivity index (χ3n) is 0.960. The lowest BCUT2D eigenvalue weighted by atomic mass is 10.5. The first-order valence-electron chi connectivity index (χ1n) is 3.79. The van der Waals surface area contributed by atoms with Crippen molar-refractivity contribution in [2.24, 2.45) is 0 Å². The highest BCUT2D eigenvalue weighted by molar-refractivity contribution is 5.66. The van der Waals surface area contributed by atoms with E-state index in [1.807, 2.05) is 13.8 Å². The Bertz CT molecular complexity index is 106. The van der Waals surface area contributed by atoms with Gasteiger partial charge in [-0.05, 0) is 13.3 Å². The molecule has 4 heteroatoms. The van der Waals surface area contributed by atoms with Gasteiger partial charge in [0.15, 0.2) is 0 Å². The molecule has 0 unspecified atom stereocenters. The smallest absolute Gasteiger partial charge is 0.408 e. The van der Waals surface area contributed by atoms with Gasteiger partial charge in [0, 0.05) is 6.61 Å². The average Bonchev–Trinajstić information content (AvgIpc) is 2.01. The number of carbonyl (C=O) groups excluding carboxylic acids is 1. The van der Waals surface area contributed by atoms with Crippen LogP contribution in [0.3, 0.4) is 0 Å². The summed E-state index contributed by atoms with van der Waals surface area (Å²) in [6.07, 6.45) is 0.419. The maximum atomic E-state index is 10.7. The predicted octanol–water partition coefficient (Wildman–Crippen LogP) is 1.12. The van der Waals surface area contributed by atoms with E-state index in [9.17, 15) is 4.79 Å². The Morgan fingerprint density at radius 2 is 2.18 bits per heavy atom. The number of hydrogen-bond donors (Lipinski definition) is 1. The van der Waals surface area contributed by atoms with E-state index < -0.39 is 6.09 Å². The molecule has 0 saturated carbocycles. The first kappa shape index (κ1) is 10.2. The molecule has 0 aliphatic heterocycles. The number of ether oxygens (including phenoxy) is 2. The van der Waals surface area contributed by atoms with Gasteiger partial charge in [-0.3, -0.25) is 5.32 Å². The molecule has 66 valence electrons. The highest BCUT2D eigenvalue weighted by Crippen LogP contribution is 1.81. The minimum Gasteiger partial charge on any atom is -0.450 e. The molecule has 0 aliphatic carbocycles. The van der Waals surface area contributed by atoms with Crippen molar-refractivity contribution in [3.63, 3.8) is 0 Å². The lowest BCUT2D eigenvalue weighted by molar-refractivity contribution is 0.102. The van der Waals surface area contributed by atoms with Crippen LogP contribution in [0.15, 0.2) is 0 Å². The van der Waals surface area contributed by atoms with Crippen LogP contribution in [0, 0.1) is 0 Å². The van der Waals surface area contributed by atoms with Crippen LogP contribution in [0.1, 0.15) is 20.3 Å². The Kier molecular flexibility index (Phi) is 6.82. The topological polar surface area (TPSA) is 47.6 Å². The number of amides is 1. The normalized spacial score (nSPS) is 9.27. The van der Waals surface area contributed by atoms with Crippen LogP contribution < -0.4 is 5.32 Å². The zero-order valence-corrected chi connectivity index (χ0v) is 7.05. The van der Waals surface area contributed by atoms with Gasteiger partial charge in [-0.1, -0.05) is 6.92 Å². The van der Waals surface area contributed by atoms with Crippen LogP contribution in [0.2, 0.25) is 0 Å².